The fourth-order valence-electron chi connectivity index (χ4n) is 1.96. The molecule has 0 saturated heterocycles. The molecular weight excluding hydrogens is 399 g/mol. The molecule has 28 heavy (non-hydrogen) atoms. The van der Waals surface area contributed by atoms with Crippen LogP contribution in [-0.2, 0) is 14.3 Å². The van der Waals surface area contributed by atoms with Crippen molar-refractivity contribution in [3.8, 4) is 0 Å². The van der Waals surface area contributed by atoms with E-state index >= 15 is 0 Å². The standard InChI is InChI=1S/C17H14F3N3O4S/c1-28-16-9(3-2-6-21-16)17(26)27-8-13(25)22-7-12(24)23-11-5-4-10(18)14(19)15(11)20/h2-6H,7-8H2,1H3,(H,22,25)(H,23,24). The predicted octanol–water partition coefficient (Wildman–Crippen LogP) is 2.13. The van der Waals surface area contributed by atoms with Crippen molar-refractivity contribution in [2.45, 2.75) is 5.03 Å². The van der Waals surface area contributed by atoms with Crippen LogP contribution in [0.3, 0.4) is 0 Å². The number of nitrogens with one attached hydrogen (secondary N) is 2. The molecule has 1 heterocycles. The second kappa shape index (κ2) is 9.74. The van der Waals surface area contributed by atoms with E-state index in [0.717, 1.165) is 6.07 Å². The second-order valence-electron chi connectivity index (χ2n) is 5.18. The maximum absolute atomic E-state index is 13.5. The predicted molar refractivity (Wildman–Crippen MR) is 94.3 cm³/mol. The van der Waals surface area contributed by atoms with Crippen LogP contribution in [0.15, 0.2) is 35.5 Å². The molecule has 0 radical (unpaired) electrons. The lowest BCUT2D eigenvalue weighted by molar-refractivity contribution is -0.126. The summed E-state index contributed by atoms with van der Waals surface area (Å²) in [7, 11) is 0. The van der Waals surface area contributed by atoms with Crippen molar-refractivity contribution in [3.63, 3.8) is 0 Å². The molecule has 0 fully saturated rings. The summed E-state index contributed by atoms with van der Waals surface area (Å²) in [5.41, 5.74) is -0.389. The number of thioether (sulfide) groups is 1. The van der Waals surface area contributed by atoms with E-state index in [1.165, 1.54) is 30.1 Å². The largest absolute Gasteiger partial charge is 0.452 e. The van der Waals surface area contributed by atoms with Crippen LogP contribution < -0.4 is 10.6 Å². The van der Waals surface area contributed by atoms with Crippen molar-refractivity contribution in [2.75, 3.05) is 24.7 Å². The van der Waals surface area contributed by atoms with E-state index in [1.807, 2.05) is 5.32 Å². The van der Waals surface area contributed by atoms with Crippen LogP contribution >= 0.6 is 11.8 Å². The number of benzene rings is 1. The highest BCUT2D eigenvalue weighted by Gasteiger charge is 2.17. The Balaban J connectivity index is 1.81. The van der Waals surface area contributed by atoms with Gasteiger partial charge in [0.15, 0.2) is 24.1 Å². The molecule has 1 aromatic heterocycles. The molecule has 2 N–H and O–H groups in total. The number of pyridine rings is 1. The van der Waals surface area contributed by atoms with Gasteiger partial charge in [-0.25, -0.2) is 22.9 Å². The summed E-state index contributed by atoms with van der Waals surface area (Å²) in [5.74, 6) is -7.13. The van der Waals surface area contributed by atoms with Gasteiger partial charge in [0.25, 0.3) is 5.91 Å². The first kappa shape index (κ1) is 21.2. The van der Waals surface area contributed by atoms with E-state index < -0.39 is 54.1 Å². The van der Waals surface area contributed by atoms with Gasteiger partial charge >= 0.3 is 5.97 Å². The molecule has 148 valence electrons. The minimum atomic E-state index is -1.73. The Hall–Kier alpha value is -3.08. The van der Waals surface area contributed by atoms with Crippen molar-refractivity contribution in [2.24, 2.45) is 0 Å². The molecule has 0 aliphatic carbocycles. The zero-order valence-corrected chi connectivity index (χ0v) is 15.2. The highest BCUT2D eigenvalue weighted by Crippen LogP contribution is 2.19. The average Bonchev–Trinajstić information content (AvgIpc) is 2.70. The molecule has 0 bridgehead atoms. The van der Waals surface area contributed by atoms with Crippen molar-refractivity contribution < 1.29 is 32.3 Å². The number of halogens is 3. The average molecular weight is 413 g/mol. The Kier molecular flexibility index (Phi) is 7.38. The normalized spacial score (nSPS) is 10.3. The molecule has 2 aromatic rings. The summed E-state index contributed by atoms with van der Waals surface area (Å²) in [4.78, 5) is 39.3. The molecule has 2 rings (SSSR count). The third-order valence-corrected chi connectivity index (χ3v) is 3.99. The van der Waals surface area contributed by atoms with Crippen LogP contribution in [0.1, 0.15) is 10.4 Å². The number of aromatic nitrogens is 1. The Morgan fingerprint density at radius 2 is 1.86 bits per heavy atom. The van der Waals surface area contributed by atoms with Gasteiger partial charge in [-0.05, 0) is 30.5 Å². The Labute approximate surface area is 161 Å². The van der Waals surface area contributed by atoms with E-state index in [-0.39, 0.29) is 5.56 Å². The number of rotatable bonds is 7. The first-order valence-corrected chi connectivity index (χ1v) is 8.92. The highest BCUT2D eigenvalue weighted by molar-refractivity contribution is 7.98. The zero-order chi connectivity index (χ0) is 20.7. The highest BCUT2D eigenvalue weighted by atomic mass is 32.2. The summed E-state index contributed by atoms with van der Waals surface area (Å²) in [5, 5.41) is 4.56. The van der Waals surface area contributed by atoms with Crippen LogP contribution in [-0.4, -0.2) is 42.2 Å². The molecule has 2 amide bonds. The topological polar surface area (TPSA) is 97.4 Å². The number of anilines is 1. The lowest BCUT2D eigenvalue weighted by atomic mass is 10.2. The lowest BCUT2D eigenvalue weighted by Crippen LogP contribution is -2.35. The number of esters is 1. The molecule has 0 aliphatic heterocycles. The van der Waals surface area contributed by atoms with E-state index in [1.54, 1.807) is 6.26 Å². The number of nitrogens with zero attached hydrogens (tertiary/aromatic N) is 1. The fourth-order valence-corrected chi connectivity index (χ4v) is 2.50. The van der Waals surface area contributed by atoms with Crippen LogP contribution in [0, 0.1) is 17.5 Å². The molecule has 0 atom stereocenters. The molecule has 0 unspecified atom stereocenters. The molecular formula is C17H14F3N3O4S. The number of amides is 2. The van der Waals surface area contributed by atoms with Gasteiger partial charge in [-0.1, -0.05) is 0 Å². The van der Waals surface area contributed by atoms with E-state index in [4.69, 9.17) is 4.74 Å². The maximum Gasteiger partial charge on any atom is 0.341 e. The van der Waals surface area contributed by atoms with Crippen LogP contribution in [0.4, 0.5) is 18.9 Å². The van der Waals surface area contributed by atoms with E-state index in [0.29, 0.717) is 11.1 Å². The first-order valence-electron chi connectivity index (χ1n) is 7.69. The first-order chi connectivity index (χ1) is 13.3. The number of hydrogen-bond donors (Lipinski definition) is 2. The van der Waals surface area contributed by atoms with Gasteiger partial charge in [-0.3, -0.25) is 9.59 Å². The molecule has 7 nitrogen and oxygen atoms in total. The second-order valence-corrected chi connectivity index (χ2v) is 5.98. The minimum Gasteiger partial charge on any atom is -0.452 e. The number of ether oxygens (including phenoxy) is 1. The fraction of sp³-hybridized carbons (Fsp3) is 0.176. The summed E-state index contributed by atoms with van der Waals surface area (Å²) in [6.07, 6.45) is 3.23. The Morgan fingerprint density at radius 3 is 2.57 bits per heavy atom. The molecule has 11 heteroatoms. The number of carbonyl (C=O) groups is 3. The van der Waals surface area contributed by atoms with Gasteiger partial charge in [-0.2, -0.15) is 0 Å². The Morgan fingerprint density at radius 1 is 1.11 bits per heavy atom. The van der Waals surface area contributed by atoms with Crippen LogP contribution in [0.25, 0.3) is 0 Å². The maximum atomic E-state index is 13.5. The van der Waals surface area contributed by atoms with Crippen molar-refractivity contribution in [1.82, 2.24) is 10.3 Å². The van der Waals surface area contributed by atoms with Gasteiger partial charge in [0, 0.05) is 6.20 Å². The molecule has 0 spiro atoms. The molecule has 0 aliphatic rings. The van der Waals surface area contributed by atoms with Crippen molar-refractivity contribution >= 4 is 35.2 Å². The van der Waals surface area contributed by atoms with Crippen molar-refractivity contribution in [3.05, 3.63) is 53.5 Å². The van der Waals surface area contributed by atoms with E-state index in [9.17, 15) is 27.6 Å². The van der Waals surface area contributed by atoms with Gasteiger partial charge in [-0.15, -0.1) is 11.8 Å². The minimum absolute atomic E-state index is 0.189. The van der Waals surface area contributed by atoms with Gasteiger partial charge in [0.05, 0.1) is 17.8 Å². The van der Waals surface area contributed by atoms with Crippen LogP contribution in [0.2, 0.25) is 0 Å². The number of carbonyl (C=O) groups excluding carboxylic acids is 3. The Bertz CT molecular complexity index is 911. The van der Waals surface area contributed by atoms with Gasteiger partial charge in [0.2, 0.25) is 5.91 Å². The molecule has 1 aromatic carbocycles. The quantitative estimate of drug-likeness (QED) is 0.410. The summed E-state index contributed by atoms with van der Waals surface area (Å²) < 4.78 is 44.3. The van der Waals surface area contributed by atoms with Crippen molar-refractivity contribution in [1.29, 1.82) is 0 Å². The molecule has 0 saturated carbocycles. The number of hydrogen-bond acceptors (Lipinski definition) is 6. The lowest BCUT2D eigenvalue weighted by Gasteiger charge is -2.09. The van der Waals surface area contributed by atoms with Crippen LogP contribution in [0.5, 0.6) is 0 Å². The third kappa shape index (κ3) is 5.46. The van der Waals surface area contributed by atoms with Gasteiger partial charge < -0.3 is 15.4 Å². The zero-order valence-electron chi connectivity index (χ0n) is 14.4. The summed E-state index contributed by atoms with van der Waals surface area (Å²) >= 11 is 1.23. The van der Waals surface area contributed by atoms with Gasteiger partial charge in [0.1, 0.15) is 5.03 Å². The summed E-state index contributed by atoms with van der Waals surface area (Å²) in [6.45, 7) is -1.26. The third-order valence-electron chi connectivity index (χ3n) is 3.27. The summed E-state index contributed by atoms with van der Waals surface area (Å²) in [6, 6.07) is 4.51. The monoisotopic (exact) mass is 413 g/mol. The SMILES string of the molecule is CSc1ncccc1C(=O)OCC(=O)NCC(=O)Nc1ccc(F)c(F)c1F. The van der Waals surface area contributed by atoms with E-state index in [2.05, 4.69) is 10.3 Å². The smallest absolute Gasteiger partial charge is 0.341 e.